The van der Waals surface area contributed by atoms with Crippen molar-refractivity contribution in [1.29, 1.82) is 0 Å². The quantitative estimate of drug-likeness (QED) is 0.628. The largest absolute Gasteiger partial charge is 0.480 e. The molecule has 1 aliphatic heterocycles. The van der Waals surface area contributed by atoms with Gasteiger partial charge in [-0.15, -0.1) is 0 Å². The van der Waals surface area contributed by atoms with Gasteiger partial charge in [0.15, 0.2) is 11.7 Å². The van der Waals surface area contributed by atoms with Crippen molar-refractivity contribution < 1.29 is 19.5 Å². The van der Waals surface area contributed by atoms with E-state index in [9.17, 15) is 9.59 Å². The maximum absolute atomic E-state index is 11.2. The van der Waals surface area contributed by atoms with Crippen molar-refractivity contribution in [2.45, 2.75) is 5.92 Å². The Morgan fingerprint density at radius 2 is 2.14 bits per heavy atom. The summed E-state index contributed by atoms with van der Waals surface area (Å²) in [5.74, 6) is -2.64. The highest BCUT2D eigenvalue weighted by Gasteiger charge is 2.34. The molecule has 5 heteroatoms. The summed E-state index contributed by atoms with van der Waals surface area (Å²) in [7, 11) is 0. The van der Waals surface area contributed by atoms with Crippen LogP contribution in [-0.4, -0.2) is 17.0 Å². The summed E-state index contributed by atoms with van der Waals surface area (Å²) < 4.78 is 0. The number of carbonyl (C=O) groups excluding carboxylic acids is 1. The molecule has 1 heterocycles. The molecule has 1 unspecified atom stereocenters. The number of benzene rings is 1. The van der Waals surface area contributed by atoms with Crippen LogP contribution in [-0.2, 0) is 9.59 Å². The lowest BCUT2D eigenvalue weighted by Gasteiger charge is -2.21. The molecule has 14 heavy (non-hydrogen) atoms. The van der Waals surface area contributed by atoms with E-state index in [1.807, 2.05) is 5.48 Å². The van der Waals surface area contributed by atoms with Gasteiger partial charge in [0.2, 0.25) is 0 Å². The monoisotopic (exact) mass is 193 g/mol. The molecule has 0 saturated heterocycles. The molecule has 0 fully saturated rings. The van der Waals surface area contributed by atoms with Gasteiger partial charge in [0, 0.05) is 5.56 Å². The molecule has 1 aromatic carbocycles. The highest BCUT2D eigenvalue weighted by Crippen LogP contribution is 2.29. The van der Waals surface area contributed by atoms with Gasteiger partial charge < -0.3 is 9.94 Å². The van der Waals surface area contributed by atoms with Gasteiger partial charge in [0.25, 0.3) is 5.91 Å². The molecule has 2 rings (SSSR count). The van der Waals surface area contributed by atoms with Crippen molar-refractivity contribution in [1.82, 2.24) is 5.48 Å². The van der Waals surface area contributed by atoms with Crippen LogP contribution in [0, 0.1) is 0 Å². The number of carboxylic acid groups (broad SMARTS) is 1. The number of rotatable bonds is 1. The number of amides is 1. The highest BCUT2D eigenvalue weighted by atomic mass is 16.7. The van der Waals surface area contributed by atoms with E-state index >= 15 is 0 Å². The fraction of sp³-hybridized carbons (Fsp3) is 0.111. The Morgan fingerprint density at radius 1 is 1.43 bits per heavy atom. The fourth-order valence-electron chi connectivity index (χ4n) is 1.36. The zero-order valence-electron chi connectivity index (χ0n) is 7.06. The van der Waals surface area contributed by atoms with Crippen molar-refractivity contribution in [2.75, 3.05) is 0 Å². The van der Waals surface area contributed by atoms with Crippen molar-refractivity contribution in [3.05, 3.63) is 29.8 Å². The van der Waals surface area contributed by atoms with E-state index in [1.54, 1.807) is 24.3 Å². The highest BCUT2D eigenvalue weighted by molar-refractivity contribution is 6.03. The molecule has 5 nitrogen and oxygen atoms in total. The number of para-hydroxylation sites is 1. The number of hydrogen-bond donors (Lipinski definition) is 2. The van der Waals surface area contributed by atoms with E-state index < -0.39 is 17.8 Å². The number of carboxylic acids is 1. The maximum atomic E-state index is 11.2. The predicted molar refractivity (Wildman–Crippen MR) is 45.6 cm³/mol. The lowest BCUT2D eigenvalue weighted by molar-refractivity contribution is -0.146. The number of hydroxylamine groups is 1. The van der Waals surface area contributed by atoms with E-state index in [4.69, 9.17) is 9.94 Å². The predicted octanol–water partition coefficient (Wildman–Crippen LogP) is 0.278. The van der Waals surface area contributed by atoms with Gasteiger partial charge in [-0.05, 0) is 6.07 Å². The summed E-state index contributed by atoms with van der Waals surface area (Å²) >= 11 is 0. The minimum Gasteiger partial charge on any atom is -0.480 e. The molecule has 0 aliphatic carbocycles. The third kappa shape index (κ3) is 1.19. The number of nitrogens with one attached hydrogen (secondary N) is 1. The number of fused-ring (bicyclic) bond motifs is 1. The SMILES string of the molecule is O=C(O)C1C(=O)NOc2ccccc21. The summed E-state index contributed by atoms with van der Waals surface area (Å²) in [4.78, 5) is 26.8. The molecule has 0 bridgehead atoms. The van der Waals surface area contributed by atoms with Gasteiger partial charge >= 0.3 is 5.97 Å². The molecule has 0 aromatic heterocycles. The minimum atomic E-state index is -1.18. The second-order valence-corrected chi connectivity index (χ2v) is 2.88. The first-order valence-electron chi connectivity index (χ1n) is 3.98. The Morgan fingerprint density at radius 3 is 2.86 bits per heavy atom. The molecule has 2 N–H and O–H groups in total. The first kappa shape index (κ1) is 8.55. The van der Waals surface area contributed by atoms with E-state index in [0.717, 1.165) is 0 Å². The van der Waals surface area contributed by atoms with Crippen molar-refractivity contribution in [3.8, 4) is 5.75 Å². The number of carbonyl (C=O) groups is 2. The van der Waals surface area contributed by atoms with Crippen LogP contribution in [0.1, 0.15) is 11.5 Å². The molecule has 72 valence electrons. The Kier molecular flexibility index (Phi) is 1.85. The lowest BCUT2D eigenvalue weighted by Crippen LogP contribution is -2.40. The third-order valence-electron chi connectivity index (χ3n) is 2.00. The molecule has 0 radical (unpaired) electrons. The first-order chi connectivity index (χ1) is 6.70. The molecule has 1 atom stereocenters. The average Bonchev–Trinajstić information content (AvgIpc) is 2.17. The van der Waals surface area contributed by atoms with Crippen LogP contribution in [0.5, 0.6) is 5.75 Å². The molecule has 1 amide bonds. The topological polar surface area (TPSA) is 75.6 Å². The van der Waals surface area contributed by atoms with Crippen LogP contribution in [0.4, 0.5) is 0 Å². The van der Waals surface area contributed by atoms with Gasteiger partial charge in [-0.25, -0.2) is 0 Å². The van der Waals surface area contributed by atoms with Crippen molar-refractivity contribution in [3.63, 3.8) is 0 Å². The van der Waals surface area contributed by atoms with E-state index in [1.165, 1.54) is 0 Å². The Balaban J connectivity index is 2.51. The van der Waals surface area contributed by atoms with Crippen LogP contribution < -0.4 is 10.3 Å². The van der Waals surface area contributed by atoms with Gasteiger partial charge in [0.05, 0.1) is 0 Å². The lowest BCUT2D eigenvalue weighted by atomic mass is 9.97. The van der Waals surface area contributed by atoms with Crippen LogP contribution in [0.3, 0.4) is 0 Å². The van der Waals surface area contributed by atoms with Gasteiger partial charge in [-0.1, -0.05) is 18.2 Å². The number of hydrogen-bond acceptors (Lipinski definition) is 3. The van der Waals surface area contributed by atoms with Crippen molar-refractivity contribution in [2.24, 2.45) is 0 Å². The maximum Gasteiger partial charge on any atom is 0.320 e. The van der Waals surface area contributed by atoms with Crippen LogP contribution in [0.2, 0.25) is 0 Å². The molecule has 1 aromatic rings. The molecular weight excluding hydrogens is 186 g/mol. The van der Waals surface area contributed by atoms with Gasteiger partial charge in [-0.3, -0.25) is 9.59 Å². The second kappa shape index (κ2) is 3.02. The second-order valence-electron chi connectivity index (χ2n) is 2.88. The summed E-state index contributed by atoms with van der Waals surface area (Å²) in [6, 6.07) is 6.53. The first-order valence-corrected chi connectivity index (χ1v) is 3.98. The average molecular weight is 193 g/mol. The van der Waals surface area contributed by atoms with Crippen LogP contribution in [0.25, 0.3) is 0 Å². The van der Waals surface area contributed by atoms with Crippen LogP contribution >= 0.6 is 0 Å². The molecule has 0 spiro atoms. The van der Waals surface area contributed by atoms with E-state index in [-0.39, 0.29) is 0 Å². The minimum absolute atomic E-state index is 0.375. The Hall–Kier alpha value is -2.04. The Labute approximate surface area is 79.3 Å². The van der Waals surface area contributed by atoms with Gasteiger partial charge in [0.1, 0.15) is 0 Å². The van der Waals surface area contributed by atoms with Crippen LogP contribution in [0.15, 0.2) is 24.3 Å². The Bertz CT molecular complexity index is 402. The smallest absolute Gasteiger partial charge is 0.320 e. The number of aliphatic carboxylic acids is 1. The third-order valence-corrected chi connectivity index (χ3v) is 2.00. The van der Waals surface area contributed by atoms with Crippen molar-refractivity contribution >= 4 is 11.9 Å². The van der Waals surface area contributed by atoms with E-state index in [0.29, 0.717) is 11.3 Å². The molecule has 1 aliphatic rings. The summed E-state index contributed by atoms with van der Waals surface area (Å²) in [6.07, 6.45) is 0. The molecular formula is C9H7NO4. The van der Waals surface area contributed by atoms with E-state index in [2.05, 4.69) is 0 Å². The zero-order chi connectivity index (χ0) is 10.1. The zero-order valence-corrected chi connectivity index (χ0v) is 7.06. The standard InChI is InChI=1S/C9H7NO4/c11-8-7(9(12)13)5-3-1-2-4-6(5)14-10-8/h1-4,7H,(H,10,11)(H,12,13). The fourth-order valence-corrected chi connectivity index (χ4v) is 1.36. The van der Waals surface area contributed by atoms with Gasteiger partial charge in [-0.2, -0.15) is 5.48 Å². The summed E-state index contributed by atoms with van der Waals surface area (Å²) in [5.41, 5.74) is 2.43. The summed E-state index contributed by atoms with van der Waals surface area (Å²) in [6.45, 7) is 0. The summed E-state index contributed by atoms with van der Waals surface area (Å²) in [5, 5.41) is 8.84. The normalized spacial score (nSPS) is 19.1. The molecule has 0 saturated carbocycles.